The maximum atomic E-state index is 13.5. The Kier molecular flexibility index (Phi) is 12.8. The van der Waals surface area contributed by atoms with Crippen molar-refractivity contribution < 1.29 is 18.8 Å². The van der Waals surface area contributed by atoms with Gasteiger partial charge in [0, 0.05) is 34.0 Å². The number of nitrogens with one attached hydrogen (secondary N) is 4. The lowest BCUT2D eigenvalue weighted by Crippen LogP contribution is -2.38. The minimum atomic E-state index is -3.38. The highest BCUT2D eigenvalue weighted by atomic mass is 32.4. The molecule has 1 aromatic heterocycles. The Hall–Kier alpha value is -4.80. The normalized spacial score (nSPS) is 15.0. The van der Waals surface area contributed by atoms with Gasteiger partial charge in [0.15, 0.2) is 0 Å². The predicted octanol–water partition coefficient (Wildman–Crippen LogP) is 9.40. The van der Waals surface area contributed by atoms with Crippen molar-refractivity contribution in [3.8, 4) is 5.75 Å². The van der Waals surface area contributed by atoms with E-state index in [1.807, 2.05) is 97.1 Å². The maximum absolute atomic E-state index is 13.5. The molecule has 1 heterocycles. The molecule has 0 aliphatic heterocycles. The average Bonchev–Trinajstić information content (AvgIpc) is 3.18. The highest BCUT2D eigenvalue weighted by Gasteiger charge is 2.30. The van der Waals surface area contributed by atoms with Crippen LogP contribution in [0.5, 0.6) is 5.75 Å². The van der Waals surface area contributed by atoms with Crippen molar-refractivity contribution in [3.05, 3.63) is 132 Å². The van der Waals surface area contributed by atoms with Crippen LogP contribution in [0.1, 0.15) is 60.6 Å². The number of carbonyl (C=O) groups is 2. The monoisotopic (exact) mass is 763 g/mol. The number of carbonyl (C=O) groups excluding carboxylic acids is 2. The molecule has 1 saturated carbocycles. The molecule has 6 rings (SSSR count). The van der Waals surface area contributed by atoms with Crippen LogP contribution in [-0.2, 0) is 21.3 Å². The quantitative estimate of drug-likeness (QED) is 0.0498. The molecular weight excluding hydrogens is 722 g/mol. The number of rotatable bonds is 14. The Bertz CT molecular complexity index is 2170. The second-order valence-corrected chi connectivity index (χ2v) is 17.1. The number of benzene rings is 4. The second kappa shape index (κ2) is 17.8. The van der Waals surface area contributed by atoms with Gasteiger partial charge in [0.05, 0.1) is 22.7 Å². The molecular formula is C41H42N5O4PS2. The maximum Gasteiger partial charge on any atom is 0.323 e. The molecule has 9 nitrogen and oxygen atoms in total. The number of aromatic nitrogens is 1. The summed E-state index contributed by atoms with van der Waals surface area (Å²) in [6.07, 6.45) is 9.96. The topological polar surface area (TPSA) is 125 Å². The minimum absolute atomic E-state index is 0.116. The lowest BCUT2D eigenvalue weighted by molar-refractivity contribution is -0.152. The minimum Gasteiger partial charge on any atom is -0.461 e. The van der Waals surface area contributed by atoms with Gasteiger partial charge in [-0.25, -0.2) is 5.09 Å². The Labute approximate surface area is 319 Å². The third kappa shape index (κ3) is 10.00. The van der Waals surface area contributed by atoms with Crippen LogP contribution < -0.4 is 20.0 Å². The van der Waals surface area contributed by atoms with Gasteiger partial charge in [-0.1, -0.05) is 72.8 Å². The molecule has 0 bridgehead atoms. The third-order valence-electron chi connectivity index (χ3n) is 8.77. The standard InChI is InChI=1S/C41H42N5O4PS2/c1-28(41(48)49-31-16-4-3-5-17-31)45-51(52,50-38-20-12-14-29-13-6-7-18-33(29)38)46-37-27-32(53-39-21-9-8-19-35(39)40(47)43-2)23-24-34(37)36(42)25-22-30-15-10-11-26-44-30/h6-15,18-28,31,42H,3-5,16-17H2,1-2H3,(H,43,47)(H2,45,46,52)/b25-22+,42-36?. The van der Waals surface area contributed by atoms with Gasteiger partial charge in [0.2, 0.25) is 0 Å². The summed E-state index contributed by atoms with van der Waals surface area (Å²) in [5.41, 5.74) is 2.53. The summed E-state index contributed by atoms with van der Waals surface area (Å²) in [7, 11) is 1.60. The molecule has 12 heteroatoms. The van der Waals surface area contributed by atoms with Gasteiger partial charge >= 0.3 is 5.97 Å². The van der Waals surface area contributed by atoms with Crippen molar-refractivity contribution in [1.29, 1.82) is 5.41 Å². The van der Waals surface area contributed by atoms with Crippen LogP contribution in [0.15, 0.2) is 125 Å². The molecule has 1 aliphatic rings. The summed E-state index contributed by atoms with van der Waals surface area (Å²) >= 11 is 7.78. The molecule has 0 saturated heterocycles. The Balaban J connectivity index is 1.39. The van der Waals surface area contributed by atoms with Crippen LogP contribution in [0.2, 0.25) is 0 Å². The van der Waals surface area contributed by atoms with Crippen LogP contribution in [-0.4, -0.2) is 41.8 Å². The Morgan fingerprint density at radius 3 is 2.49 bits per heavy atom. The number of pyridine rings is 1. The zero-order chi connectivity index (χ0) is 37.2. The van der Waals surface area contributed by atoms with Gasteiger partial charge in [-0.2, -0.15) is 0 Å². The summed E-state index contributed by atoms with van der Waals surface area (Å²) in [6.45, 7) is -1.64. The predicted molar refractivity (Wildman–Crippen MR) is 219 cm³/mol. The van der Waals surface area contributed by atoms with Crippen LogP contribution in [0.25, 0.3) is 16.8 Å². The molecule has 1 amide bonds. The summed E-state index contributed by atoms with van der Waals surface area (Å²) in [5, 5.41) is 20.5. The fourth-order valence-electron chi connectivity index (χ4n) is 6.06. The number of nitrogens with zero attached hydrogens (tertiary/aromatic N) is 1. The first-order chi connectivity index (χ1) is 25.7. The molecule has 0 radical (unpaired) electrons. The van der Waals surface area contributed by atoms with E-state index in [-0.39, 0.29) is 17.7 Å². The first kappa shape index (κ1) is 37.9. The molecule has 4 aromatic carbocycles. The Morgan fingerprint density at radius 1 is 0.943 bits per heavy atom. The molecule has 53 heavy (non-hydrogen) atoms. The van der Waals surface area contributed by atoms with Crippen molar-refractivity contribution in [2.45, 2.75) is 61.0 Å². The van der Waals surface area contributed by atoms with Crippen molar-refractivity contribution in [2.24, 2.45) is 0 Å². The van der Waals surface area contributed by atoms with Gasteiger partial charge in [-0.3, -0.25) is 14.6 Å². The van der Waals surface area contributed by atoms with E-state index >= 15 is 0 Å². The summed E-state index contributed by atoms with van der Waals surface area (Å²) in [5.74, 6) is -0.0337. The Morgan fingerprint density at radius 2 is 1.70 bits per heavy atom. The number of amides is 1. The van der Waals surface area contributed by atoms with Gasteiger partial charge < -0.3 is 25.1 Å². The second-order valence-electron chi connectivity index (χ2n) is 12.7. The van der Waals surface area contributed by atoms with Crippen LogP contribution in [0.4, 0.5) is 5.69 Å². The first-order valence-corrected chi connectivity index (χ1v) is 21.1. The number of esters is 1. The molecule has 4 N–H and O–H groups in total. The highest BCUT2D eigenvalue weighted by molar-refractivity contribution is 8.12. The lowest BCUT2D eigenvalue weighted by atomic mass is 9.98. The van der Waals surface area contributed by atoms with Crippen molar-refractivity contribution in [2.75, 3.05) is 12.1 Å². The SMILES string of the molecule is CNC(=O)c1ccccc1Sc1ccc(C(=N)/C=C/c2ccccn2)c(NP(=S)(NC(C)C(=O)OC2CCCCC2)Oc2cccc3ccccc23)c1. The number of hydrogen-bond donors (Lipinski definition) is 4. The van der Waals surface area contributed by atoms with E-state index in [0.29, 0.717) is 28.3 Å². The van der Waals surface area contributed by atoms with Gasteiger partial charge in [-0.05, 0) is 110 Å². The zero-order valence-electron chi connectivity index (χ0n) is 29.6. The number of ether oxygens (including phenoxy) is 1. The largest absolute Gasteiger partial charge is 0.461 e. The molecule has 1 fully saturated rings. The van der Waals surface area contributed by atoms with E-state index in [2.05, 4.69) is 20.5 Å². The number of anilines is 1. The van der Waals surface area contributed by atoms with E-state index in [4.69, 9.17) is 26.5 Å². The summed E-state index contributed by atoms with van der Waals surface area (Å²) < 4.78 is 12.7. The zero-order valence-corrected chi connectivity index (χ0v) is 32.1. The fraction of sp³-hybridized carbons (Fsp3) is 0.220. The van der Waals surface area contributed by atoms with Crippen molar-refractivity contribution in [1.82, 2.24) is 15.4 Å². The average molecular weight is 764 g/mol. The number of allylic oxidation sites excluding steroid dienone is 1. The van der Waals surface area contributed by atoms with Gasteiger partial charge in [0.1, 0.15) is 17.9 Å². The van der Waals surface area contributed by atoms with Crippen molar-refractivity contribution in [3.63, 3.8) is 0 Å². The van der Waals surface area contributed by atoms with Crippen LogP contribution >= 0.6 is 18.3 Å². The third-order valence-corrected chi connectivity index (χ3v) is 12.4. The van der Waals surface area contributed by atoms with Crippen molar-refractivity contribution >= 4 is 70.3 Å². The van der Waals surface area contributed by atoms with E-state index in [9.17, 15) is 9.59 Å². The van der Waals surface area contributed by atoms with Gasteiger partial charge in [0.25, 0.3) is 12.5 Å². The lowest BCUT2D eigenvalue weighted by Gasteiger charge is -2.30. The molecule has 2 unspecified atom stereocenters. The summed E-state index contributed by atoms with van der Waals surface area (Å²) in [6, 6.07) is 31.5. The van der Waals surface area contributed by atoms with Crippen LogP contribution in [0.3, 0.4) is 0 Å². The van der Waals surface area contributed by atoms with E-state index in [1.54, 1.807) is 38.4 Å². The fourth-order valence-corrected chi connectivity index (χ4v) is 9.77. The smallest absolute Gasteiger partial charge is 0.323 e. The molecule has 272 valence electrons. The summed E-state index contributed by atoms with van der Waals surface area (Å²) in [4.78, 5) is 32.1. The number of fused-ring (bicyclic) bond motifs is 1. The highest BCUT2D eigenvalue weighted by Crippen LogP contribution is 2.48. The van der Waals surface area contributed by atoms with E-state index < -0.39 is 18.6 Å². The van der Waals surface area contributed by atoms with Gasteiger partial charge in [-0.15, -0.1) is 0 Å². The van der Waals surface area contributed by atoms with E-state index in [1.165, 1.54) is 11.8 Å². The molecule has 2 atom stereocenters. The molecule has 5 aromatic rings. The number of hydrogen-bond acceptors (Lipinski definition) is 8. The molecule has 0 spiro atoms. The first-order valence-electron chi connectivity index (χ1n) is 17.6. The molecule has 1 aliphatic carbocycles. The van der Waals surface area contributed by atoms with Crippen LogP contribution in [0, 0.1) is 5.41 Å². The van der Waals surface area contributed by atoms with E-state index in [0.717, 1.165) is 52.7 Å².